The quantitative estimate of drug-likeness (QED) is 0.920. The molecule has 5 nitrogen and oxygen atoms in total. The fourth-order valence-electron chi connectivity index (χ4n) is 2.30. The summed E-state index contributed by atoms with van der Waals surface area (Å²) in [5.41, 5.74) is 2.28. The van der Waals surface area contributed by atoms with Crippen LogP contribution in [0.15, 0.2) is 18.2 Å². The molecular formula is C13H18N2O3S. The second kappa shape index (κ2) is 5.21. The summed E-state index contributed by atoms with van der Waals surface area (Å²) in [5, 5.41) is 0. The van der Waals surface area contributed by atoms with E-state index in [4.69, 9.17) is 0 Å². The molecule has 0 unspecified atom stereocenters. The van der Waals surface area contributed by atoms with Crippen LogP contribution in [0.1, 0.15) is 24.8 Å². The maximum absolute atomic E-state index is 11.9. The first-order chi connectivity index (χ1) is 8.87. The van der Waals surface area contributed by atoms with Gasteiger partial charge >= 0.3 is 0 Å². The van der Waals surface area contributed by atoms with Gasteiger partial charge in [0, 0.05) is 24.3 Å². The number of benzene rings is 1. The van der Waals surface area contributed by atoms with Crippen molar-refractivity contribution in [3.8, 4) is 0 Å². The Morgan fingerprint density at radius 1 is 1.26 bits per heavy atom. The van der Waals surface area contributed by atoms with Crippen LogP contribution in [0.25, 0.3) is 0 Å². The highest BCUT2D eigenvalue weighted by atomic mass is 32.2. The zero-order chi connectivity index (χ0) is 14.0. The van der Waals surface area contributed by atoms with Crippen molar-refractivity contribution in [2.75, 3.05) is 22.4 Å². The molecule has 1 N–H and O–H groups in total. The lowest BCUT2D eigenvalue weighted by atomic mass is 10.1. The lowest BCUT2D eigenvalue weighted by Gasteiger charge is -2.28. The smallest absolute Gasteiger partial charge is 0.229 e. The average molecular weight is 282 g/mol. The van der Waals surface area contributed by atoms with Gasteiger partial charge in [-0.2, -0.15) is 0 Å². The molecule has 19 heavy (non-hydrogen) atoms. The molecule has 1 aromatic carbocycles. The first kappa shape index (κ1) is 13.9. The molecule has 1 aliphatic rings. The Morgan fingerprint density at radius 3 is 2.58 bits per heavy atom. The number of sulfonamides is 1. The number of hydrogen-bond acceptors (Lipinski definition) is 3. The molecule has 104 valence electrons. The molecule has 6 heteroatoms. The standard InChI is InChI=1S/C13H18N2O3S/c1-10-9-11(14-19(2,17)18)6-7-12(10)15-8-4-3-5-13(15)16/h6-7,9,14H,3-5,8H2,1-2H3. The van der Waals surface area contributed by atoms with Gasteiger partial charge in [0.05, 0.1) is 6.26 Å². The first-order valence-electron chi connectivity index (χ1n) is 6.25. The summed E-state index contributed by atoms with van der Waals surface area (Å²) >= 11 is 0. The van der Waals surface area contributed by atoms with E-state index in [-0.39, 0.29) is 5.91 Å². The Hall–Kier alpha value is -1.56. The van der Waals surface area contributed by atoms with Crippen molar-refractivity contribution in [1.82, 2.24) is 0 Å². The molecule has 1 aromatic rings. The topological polar surface area (TPSA) is 66.5 Å². The number of rotatable bonds is 3. The number of hydrogen-bond donors (Lipinski definition) is 1. The summed E-state index contributed by atoms with van der Waals surface area (Å²) in [4.78, 5) is 13.7. The van der Waals surface area contributed by atoms with Gasteiger partial charge in [-0.1, -0.05) is 0 Å². The van der Waals surface area contributed by atoms with E-state index >= 15 is 0 Å². The number of amides is 1. The highest BCUT2D eigenvalue weighted by Gasteiger charge is 2.21. The number of aryl methyl sites for hydroxylation is 1. The van der Waals surface area contributed by atoms with Crippen molar-refractivity contribution in [2.45, 2.75) is 26.2 Å². The minimum atomic E-state index is -3.27. The molecule has 2 rings (SSSR count). The van der Waals surface area contributed by atoms with Gasteiger partial charge in [-0.25, -0.2) is 8.42 Å². The van der Waals surface area contributed by atoms with Crippen LogP contribution in [0.2, 0.25) is 0 Å². The zero-order valence-corrected chi connectivity index (χ0v) is 12.0. The molecule has 1 aliphatic heterocycles. The summed E-state index contributed by atoms with van der Waals surface area (Å²) in [7, 11) is -3.27. The van der Waals surface area contributed by atoms with Gasteiger partial charge in [-0.3, -0.25) is 9.52 Å². The maximum atomic E-state index is 11.9. The Balaban J connectivity index is 2.26. The van der Waals surface area contributed by atoms with Crippen LogP contribution in [0.4, 0.5) is 11.4 Å². The summed E-state index contributed by atoms with van der Waals surface area (Å²) in [5.74, 6) is 0.137. The van der Waals surface area contributed by atoms with Gasteiger partial charge in [0.15, 0.2) is 0 Å². The van der Waals surface area contributed by atoms with E-state index in [0.29, 0.717) is 12.1 Å². The highest BCUT2D eigenvalue weighted by molar-refractivity contribution is 7.92. The van der Waals surface area contributed by atoms with Crippen molar-refractivity contribution >= 4 is 27.3 Å². The predicted molar refractivity (Wildman–Crippen MR) is 75.8 cm³/mol. The molecule has 1 fully saturated rings. The molecule has 0 spiro atoms. The molecule has 0 bridgehead atoms. The zero-order valence-electron chi connectivity index (χ0n) is 11.1. The van der Waals surface area contributed by atoms with Crippen LogP contribution in [-0.2, 0) is 14.8 Å². The van der Waals surface area contributed by atoms with Gasteiger partial charge < -0.3 is 4.90 Å². The molecule has 0 aliphatic carbocycles. The molecule has 1 saturated heterocycles. The summed E-state index contributed by atoms with van der Waals surface area (Å²) < 4.78 is 24.8. The van der Waals surface area contributed by atoms with E-state index in [1.54, 1.807) is 23.1 Å². The first-order valence-corrected chi connectivity index (χ1v) is 8.15. The molecule has 0 saturated carbocycles. The number of anilines is 2. The molecule has 0 aromatic heterocycles. The van der Waals surface area contributed by atoms with Crippen molar-refractivity contribution < 1.29 is 13.2 Å². The Morgan fingerprint density at radius 2 is 2.00 bits per heavy atom. The lowest BCUT2D eigenvalue weighted by molar-refractivity contribution is -0.119. The number of nitrogens with one attached hydrogen (secondary N) is 1. The van der Waals surface area contributed by atoms with E-state index in [9.17, 15) is 13.2 Å². The molecule has 0 radical (unpaired) electrons. The monoisotopic (exact) mass is 282 g/mol. The SMILES string of the molecule is Cc1cc(NS(C)(=O)=O)ccc1N1CCCCC1=O. The summed E-state index contributed by atoms with van der Waals surface area (Å²) in [6, 6.07) is 5.23. The summed E-state index contributed by atoms with van der Waals surface area (Å²) in [6.07, 6.45) is 3.66. The molecule has 1 heterocycles. The normalized spacial score (nSPS) is 16.5. The Labute approximate surface area is 113 Å². The minimum absolute atomic E-state index is 0.137. The van der Waals surface area contributed by atoms with Crippen LogP contribution < -0.4 is 9.62 Å². The lowest BCUT2D eigenvalue weighted by Crippen LogP contribution is -2.35. The van der Waals surface area contributed by atoms with Crippen LogP contribution in [0.5, 0.6) is 0 Å². The second-order valence-electron chi connectivity index (χ2n) is 4.88. The molecular weight excluding hydrogens is 264 g/mol. The molecule has 0 atom stereocenters. The van der Waals surface area contributed by atoms with Crippen LogP contribution in [-0.4, -0.2) is 27.1 Å². The van der Waals surface area contributed by atoms with E-state index < -0.39 is 10.0 Å². The second-order valence-corrected chi connectivity index (χ2v) is 6.63. The Bertz CT molecular complexity index is 596. The van der Waals surface area contributed by atoms with Gasteiger partial charge in [0.25, 0.3) is 0 Å². The number of carbonyl (C=O) groups excluding carboxylic acids is 1. The minimum Gasteiger partial charge on any atom is -0.312 e. The molecule has 1 amide bonds. The van der Waals surface area contributed by atoms with E-state index in [2.05, 4.69) is 4.72 Å². The van der Waals surface area contributed by atoms with Gasteiger partial charge in [0.2, 0.25) is 15.9 Å². The third kappa shape index (κ3) is 3.47. The fraction of sp³-hybridized carbons (Fsp3) is 0.462. The van der Waals surface area contributed by atoms with Crippen molar-refractivity contribution in [1.29, 1.82) is 0 Å². The van der Waals surface area contributed by atoms with E-state index in [0.717, 1.165) is 36.9 Å². The third-order valence-electron chi connectivity index (χ3n) is 3.11. The van der Waals surface area contributed by atoms with Crippen LogP contribution in [0, 0.1) is 6.92 Å². The van der Waals surface area contributed by atoms with Gasteiger partial charge in [0.1, 0.15) is 0 Å². The predicted octanol–water partition coefficient (Wildman–Crippen LogP) is 1.88. The number of carbonyl (C=O) groups is 1. The van der Waals surface area contributed by atoms with Gasteiger partial charge in [-0.05, 0) is 43.5 Å². The number of piperidine rings is 1. The van der Waals surface area contributed by atoms with Gasteiger partial charge in [-0.15, -0.1) is 0 Å². The van der Waals surface area contributed by atoms with Crippen LogP contribution >= 0.6 is 0 Å². The largest absolute Gasteiger partial charge is 0.312 e. The number of nitrogens with zero attached hydrogens (tertiary/aromatic N) is 1. The highest BCUT2D eigenvalue weighted by Crippen LogP contribution is 2.27. The van der Waals surface area contributed by atoms with E-state index in [1.807, 2.05) is 6.92 Å². The van der Waals surface area contributed by atoms with Crippen molar-refractivity contribution in [2.24, 2.45) is 0 Å². The Kier molecular flexibility index (Phi) is 3.80. The van der Waals surface area contributed by atoms with E-state index in [1.165, 1.54) is 0 Å². The van der Waals surface area contributed by atoms with Crippen LogP contribution in [0.3, 0.4) is 0 Å². The average Bonchev–Trinajstić information content (AvgIpc) is 2.28. The van der Waals surface area contributed by atoms with Crippen molar-refractivity contribution in [3.63, 3.8) is 0 Å². The summed E-state index contributed by atoms with van der Waals surface area (Å²) in [6.45, 7) is 2.61. The van der Waals surface area contributed by atoms with Crippen molar-refractivity contribution in [3.05, 3.63) is 23.8 Å². The third-order valence-corrected chi connectivity index (χ3v) is 3.72. The fourth-order valence-corrected chi connectivity index (χ4v) is 2.85. The maximum Gasteiger partial charge on any atom is 0.229 e.